The monoisotopic (exact) mass is 362 g/mol. The van der Waals surface area contributed by atoms with Crippen molar-refractivity contribution in [2.45, 2.75) is 59.3 Å². The van der Waals surface area contributed by atoms with Crippen molar-refractivity contribution in [3.8, 4) is 23.7 Å². The first-order valence-corrected chi connectivity index (χ1v) is 10.7. The van der Waals surface area contributed by atoms with Gasteiger partial charge in [0.15, 0.2) is 0 Å². The van der Waals surface area contributed by atoms with Crippen molar-refractivity contribution in [1.29, 1.82) is 0 Å². The van der Waals surface area contributed by atoms with Gasteiger partial charge >= 0.3 is 0 Å². The van der Waals surface area contributed by atoms with Gasteiger partial charge in [-0.3, -0.25) is 9.80 Å². The van der Waals surface area contributed by atoms with E-state index in [9.17, 15) is 0 Å². The van der Waals surface area contributed by atoms with E-state index < -0.39 is 0 Å². The lowest BCUT2D eigenvalue weighted by Crippen LogP contribution is -2.29. The summed E-state index contributed by atoms with van der Waals surface area (Å²) < 4.78 is 0. The van der Waals surface area contributed by atoms with Gasteiger partial charge in [0, 0.05) is 11.1 Å². The number of benzene rings is 1. The molecule has 2 aliphatic heterocycles. The first kappa shape index (κ1) is 20.0. The number of likely N-dealkylation sites (tertiary alicyclic amines) is 2. The Kier molecular flexibility index (Phi) is 7.40. The number of nitrogens with zero attached hydrogens (tertiary/aromatic N) is 2. The highest BCUT2D eigenvalue weighted by Gasteiger charge is 2.11. The molecule has 0 aliphatic carbocycles. The Morgan fingerprint density at radius 3 is 1.48 bits per heavy atom. The van der Waals surface area contributed by atoms with E-state index in [2.05, 4.69) is 60.3 Å². The molecule has 0 radical (unpaired) electrons. The molecular formula is C25H34N2. The van der Waals surface area contributed by atoms with E-state index >= 15 is 0 Å². The van der Waals surface area contributed by atoms with Gasteiger partial charge in [-0.05, 0) is 89.3 Å². The molecule has 3 rings (SSSR count). The topological polar surface area (TPSA) is 6.48 Å². The molecule has 2 heterocycles. The van der Waals surface area contributed by atoms with Crippen molar-refractivity contribution in [1.82, 2.24) is 9.80 Å². The molecule has 0 bridgehead atoms. The van der Waals surface area contributed by atoms with Gasteiger partial charge in [0.1, 0.15) is 0 Å². The minimum absolute atomic E-state index is 0.892. The largest absolute Gasteiger partial charge is 0.292 e. The maximum Gasteiger partial charge on any atom is 0.0605 e. The zero-order valence-electron chi connectivity index (χ0n) is 17.5. The molecule has 2 saturated heterocycles. The van der Waals surface area contributed by atoms with Crippen LogP contribution in [0.5, 0.6) is 0 Å². The Labute approximate surface area is 166 Å². The predicted molar refractivity (Wildman–Crippen MR) is 115 cm³/mol. The maximum atomic E-state index is 3.47. The Morgan fingerprint density at radius 1 is 0.667 bits per heavy atom. The van der Waals surface area contributed by atoms with Gasteiger partial charge in [-0.25, -0.2) is 0 Å². The fourth-order valence-electron chi connectivity index (χ4n) is 4.28. The second kappa shape index (κ2) is 9.98. The Balaban J connectivity index is 1.72. The molecule has 0 unspecified atom stereocenters. The van der Waals surface area contributed by atoms with Crippen molar-refractivity contribution >= 4 is 0 Å². The molecule has 2 aliphatic rings. The van der Waals surface area contributed by atoms with Crippen molar-refractivity contribution in [3.05, 3.63) is 33.9 Å². The van der Waals surface area contributed by atoms with Crippen LogP contribution in [0.15, 0.2) is 6.07 Å². The van der Waals surface area contributed by atoms with Crippen LogP contribution in [-0.4, -0.2) is 49.1 Å². The van der Waals surface area contributed by atoms with Crippen molar-refractivity contribution < 1.29 is 0 Å². The minimum Gasteiger partial charge on any atom is -0.292 e. The van der Waals surface area contributed by atoms with E-state index in [0.29, 0.717) is 0 Å². The molecule has 2 fully saturated rings. The van der Waals surface area contributed by atoms with Crippen molar-refractivity contribution in [2.75, 3.05) is 39.3 Å². The first-order valence-electron chi connectivity index (χ1n) is 10.7. The second-order valence-corrected chi connectivity index (χ2v) is 8.16. The quantitative estimate of drug-likeness (QED) is 0.724. The van der Waals surface area contributed by atoms with Crippen molar-refractivity contribution in [2.24, 2.45) is 0 Å². The van der Waals surface area contributed by atoms with Gasteiger partial charge in [-0.15, -0.1) is 0 Å². The first-order chi connectivity index (χ1) is 13.1. The fraction of sp³-hybridized carbons (Fsp3) is 0.600. The number of hydrogen-bond donors (Lipinski definition) is 0. The van der Waals surface area contributed by atoms with E-state index in [1.807, 2.05) is 0 Å². The molecule has 0 atom stereocenters. The maximum absolute atomic E-state index is 3.47. The molecule has 0 amide bonds. The normalized spacial score (nSPS) is 18.3. The highest BCUT2D eigenvalue weighted by Crippen LogP contribution is 2.21. The van der Waals surface area contributed by atoms with Gasteiger partial charge in [0.2, 0.25) is 0 Å². The van der Waals surface area contributed by atoms with Crippen LogP contribution >= 0.6 is 0 Å². The molecular weight excluding hydrogens is 328 g/mol. The average Bonchev–Trinajstić information content (AvgIpc) is 2.68. The van der Waals surface area contributed by atoms with E-state index in [0.717, 1.165) is 13.1 Å². The molecule has 27 heavy (non-hydrogen) atoms. The lowest BCUT2D eigenvalue weighted by atomic mass is 9.94. The predicted octanol–water partition coefficient (Wildman–Crippen LogP) is 4.29. The van der Waals surface area contributed by atoms with Gasteiger partial charge < -0.3 is 0 Å². The number of rotatable bonds is 2. The minimum atomic E-state index is 0.892. The summed E-state index contributed by atoms with van der Waals surface area (Å²) in [6.45, 7) is 13.1. The van der Waals surface area contributed by atoms with E-state index in [1.165, 1.54) is 92.5 Å². The molecule has 0 N–H and O–H groups in total. The van der Waals surface area contributed by atoms with Crippen LogP contribution in [-0.2, 0) is 0 Å². The Bertz CT molecular complexity index is 695. The molecule has 2 heteroatoms. The zero-order chi connectivity index (χ0) is 19.1. The lowest BCUT2D eigenvalue weighted by Gasteiger charge is -2.24. The summed E-state index contributed by atoms with van der Waals surface area (Å²) in [5, 5.41) is 0. The van der Waals surface area contributed by atoms with E-state index in [-0.39, 0.29) is 0 Å². The second-order valence-electron chi connectivity index (χ2n) is 8.16. The summed E-state index contributed by atoms with van der Waals surface area (Å²) in [4.78, 5) is 4.96. The molecule has 2 nitrogen and oxygen atoms in total. The number of piperidine rings is 2. The Morgan fingerprint density at radius 2 is 1.07 bits per heavy atom. The molecule has 0 saturated carbocycles. The van der Waals surface area contributed by atoms with Gasteiger partial charge in [-0.2, -0.15) is 0 Å². The molecule has 144 valence electrons. The van der Waals surface area contributed by atoms with Gasteiger partial charge in [-0.1, -0.05) is 42.6 Å². The summed E-state index contributed by atoms with van der Waals surface area (Å²) in [7, 11) is 0. The summed E-state index contributed by atoms with van der Waals surface area (Å²) in [6, 6.07) is 2.25. The van der Waals surface area contributed by atoms with Crippen LogP contribution < -0.4 is 0 Å². The number of hydrogen-bond acceptors (Lipinski definition) is 2. The van der Waals surface area contributed by atoms with Gasteiger partial charge in [0.05, 0.1) is 13.1 Å². The molecule has 0 spiro atoms. The molecule has 0 aromatic heterocycles. The smallest absolute Gasteiger partial charge is 0.0605 e. The van der Waals surface area contributed by atoms with Crippen molar-refractivity contribution in [3.63, 3.8) is 0 Å². The van der Waals surface area contributed by atoms with E-state index in [1.54, 1.807) is 0 Å². The summed E-state index contributed by atoms with van der Waals surface area (Å²) in [5.41, 5.74) is 6.17. The Hall–Kier alpha value is -1.74. The SMILES string of the molecule is Cc1cc(C)c(C#CCN2CCCCC2)c(C)c1C#CCN1CCCCC1. The van der Waals surface area contributed by atoms with E-state index in [4.69, 9.17) is 0 Å². The third-order valence-electron chi connectivity index (χ3n) is 5.90. The van der Waals surface area contributed by atoms with Crippen LogP contribution in [0, 0.1) is 44.5 Å². The van der Waals surface area contributed by atoms with Crippen LogP contribution in [0.1, 0.15) is 66.3 Å². The fourth-order valence-corrected chi connectivity index (χ4v) is 4.28. The van der Waals surface area contributed by atoms with Crippen LogP contribution in [0.25, 0.3) is 0 Å². The third kappa shape index (κ3) is 5.62. The van der Waals surface area contributed by atoms with Crippen LogP contribution in [0.4, 0.5) is 0 Å². The summed E-state index contributed by atoms with van der Waals surface area (Å²) in [6.07, 6.45) is 8.03. The van der Waals surface area contributed by atoms with Crippen LogP contribution in [0.3, 0.4) is 0 Å². The third-order valence-corrected chi connectivity index (χ3v) is 5.90. The number of aryl methyl sites for hydroxylation is 2. The molecule has 1 aromatic carbocycles. The summed E-state index contributed by atoms with van der Waals surface area (Å²) >= 11 is 0. The summed E-state index contributed by atoms with van der Waals surface area (Å²) in [5.74, 6) is 13.8. The van der Waals surface area contributed by atoms with Gasteiger partial charge in [0.25, 0.3) is 0 Å². The molecule has 1 aromatic rings. The highest BCUT2D eigenvalue weighted by molar-refractivity contribution is 5.58. The standard InChI is InChI=1S/C25H34N2/c1-21-20-22(2)25(13-11-19-27-16-8-5-9-17-27)23(3)24(21)12-10-18-26-14-6-4-7-15-26/h20H,4-9,14-19H2,1-3H3. The van der Waals surface area contributed by atoms with Crippen LogP contribution in [0.2, 0.25) is 0 Å². The zero-order valence-corrected chi connectivity index (χ0v) is 17.5. The highest BCUT2D eigenvalue weighted by atomic mass is 15.1. The lowest BCUT2D eigenvalue weighted by molar-refractivity contribution is 0.255. The average molecular weight is 363 g/mol.